The number of hydrogen-bond acceptors (Lipinski definition) is 3. The molecule has 0 aromatic heterocycles. The predicted molar refractivity (Wildman–Crippen MR) is 97.5 cm³/mol. The van der Waals surface area contributed by atoms with Gasteiger partial charge in [-0.3, -0.25) is 4.79 Å². The molecule has 8 heteroatoms. The molecule has 0 atom stereocenters. The molecule has 5 nitrogen and oxygen atoms in total. The van der Waals surface area contributed by atoms with Gasteiger partial charge in [0, 0.05) is 12.7 Å². The summed E-state index contributed by atoms with van der Waals surface area (Å²) in [5.41, 5.74) is -1.27. The second kappa shape index (κ2) is 7.92. The van der Waals surface area contributed by atoms with Crippen LogP contribution in [0.25, 0.3) is 0 Å². The van der Waals surface area contributed by atoms with Crippen LogP contribution < -0.4 is 9.64 Å². The number of benzene rings is 2. The van der Waals surface area contributed by atoms with Gasteiger partial charge in [-0.25, -0.2) is 4.79 Å². The zero-order valence-corrected chi connectivity index (χ0v) is 15.6. The van der Waals surface area contributed by atoms with Gasteiger partial charge in [0.2, 0.25) is 5.91 Å². The number of anilines is 1. The van der Waals surface area contributed by atoms with Crippen LogP contribution in [0.1, 0.15) is 25.0 Å². The van der Waals surface area contributed by atoms with Gasteiger partial charge in [0.1, 0.15) is 5.75 Å². The van der Waals surface area contributed by atoms with E-state index in [4.69, 9.17) is 9.84 Å². The predicted octanol–water partition coefficient (Wildman–Crippen LogP) is 4.11. The van der Waals surface area contributed by atoms with E-state index in [0.29, 0.717) is 11.4 Å². The third-order valence-electron chi connectivity index (χ3n) is 4.34. The molecule has 2 aromatic carbocycles. The zero-order valence-electron chi connectivity index (χ0n) is 15.6. The Balaban J connectivity index is 2.22. The molecule has 1 N–H and O–H groups in total. The van der Waals surface area contributed by atoms with Crippen LogP contribution in [-0.4, -0.2) is 30.6 Å². The highest BCUT2D eigenvalue weighted by Crippen LogP contribution is 2.34. The molecule has 0 aliphatic rings. The van der Waals surface area contributed by atoms with Crippen molar-refractivity contribution in [2.45, 2.75) is 25.4 Å². The third kappa shape index (κ3) is 4.82. The number of carbonyl (C=O) groups excluding carboxylic acids is 1. The first-order valence-corrected chi connectivity index (χ1v) is 8.33. The highest BCUT2D eigenvalue weighted by Gasteiger charge is 2.36. The standard InChI is InChI=1S/C20H20F3NO4/c1-19(2,13-5-4-6-14(11-13)20(21,22)23)18(27)24(3)15-7-9-16(10-8-15)28-12-17(25)26/h4-11H,12H2,1-3H3,(H,25,26). The fourth-order valence-electron chi connectivity index (χ4n) is 2.66. The maximum absolute atomic E-state index is 13.0. The number of alkyl halides is 3. The van der Waals surface area contributed by atoms with E-state index in [2.05, 4.69) is 0 Å². The third-order valence-corrected chi connectivity index (χ3v) is 4.34. The summed E-state index contributed by atoms with van der Waals surface area (Å²) in [7, 11) is 1.52. The molecule has 2 rings (SSSR count). The van der Waals surface area contributed by atoms with Crippen LogP contribution in [0.15, 0.2) is 48.5 Å². The van der Waals surface area contributed by atoms with Gasteiger partial charge in [0.25, 0.3) is 0 Å². The Hall–Kier alpha value is -3.03. The van der Waals surface area contributed by atoms with Crippen LogP contribution in [0, 0.1) is 0 Å². The van der Waals surface area contributed by atoms with Gasteiger partial charge in [-0.05, 0) is 49.7 Å². The van der Waals surface area contributed by atoms with Crippen LogP contribution in [0.4, 0.5) is 18.9 Å². The average Bonchev–Trinajstić information content (AvgIpc) is 2.65. The number of likely N-dealkylation sites (N-methyl/N-ethyl adjacent to an activating group) is 1. The Bertz CT molecular complexity index is 860. The highest BCUT2D eigenvalue weighted by atomic mass is 19.4. The molecule has 1 amide bonds. The van der Waals surface area contributed by atoms with Crippen molar-refractivity contribution in [2.75, 3.05) is 18.6 Å². The molecule has 0 aliphatic heterocycles. The summed E-state index contributed by atoms with van der Waals surface area (Å²) in [4.78, 5) is 24.8. The number of carboxylic acids is 1. The molecular formula is C20H20F3NO4. The number of ether oxygens (including phenoxy) is 1. The van der Waals surface area contributed by atoms with Crippen LogP contribution in [0.2, 0.25) is 0 Å². The molecular weight excluding hydrogens is 375 g/mol. The minimum absolute atomic E-state index is 0.251. The lowest BCUT2D eigenvalue weighted by Crippen LogP contribution is -2.41. The van der Waals surface area contributed by atoms with Crippen LogP contribution in [-0.2, 0) is 21.2 Å². The first-order chi connectivity index (χ1) is 12.9. The van der Waals surface area contributed by atoms with E-state index in [0.717, 1.165) is 12.1 Å². The van der Waals surface area contributed by atoms with E-state index in [1.807, 2.05) is 0 Å². The molecule has 0 unspecified atom stereocenters. The zero-order chi connectivity index (χ0) is 21.1. The number of carboxylic acid groups (broad SMARTS) is 1. The summed E-state index contributed by atoms with van der Waals surface area (Å²) < 4.78 is 44.0. The fraction of sp³-hybridized carbons (Fsp3) is 0.300. The summed E-state index contributed by atoms with van der Waals surface area (Å²) in [5.74, 6) is -1.19. The molecule has 0 radical (unpaired) electrons. The Kier molecular flexibility index (Phi) is 6.01. The number of nitrogens with zero attached hydrogens (tertiary/aromatic N) is 1. The highest BCUT2D eigenvalue weighted by molar-refractivity contribution is 6.00. The fourth-order valence-corrected chi connectivity index (χ4v) is 2.66. The summed E-state index contributed by atoms with van der Waals surface area (Å²) >= 11 is 0. The second-order valence-corrected chi connectivity index (χ2v) is 6.74. The van der Waals surface area contributed by atoms with Gasteiger partial charge in [-0.15, -0.1) is 0 Å². The van der Waals surface area contributed by atoms with Gasteiger partial charge in [-0.1, -0.05) is 18.2 Å². The van der Waals surface area contributed by atoms with Crippen molar-refractivity contribution in [3.8, 4) is 5.75 Å². The van der Waals surface area contributed by atoms with Gasteiger partial charge in [-0.2, -0.15) is 13.2 Å². The van der Waals surface area contributed by atoms with Crippen molar-refractivity contribution < 1.29 is 32.6 Å². The molecule has 0 saturated carbocycles. The monoisotopic (exact) mass is 395 g/mol. The van der Waals surface area contributed by atoms with E-state index < -0.39 is 35.6 Å². The topological polar surface area (TPSA) is 66.8 Å². The van der Waals surface area contributed by atoms with Crippen molar-refractivity contribution in [1.82, 2.24) is 0 Å². The van der Waals surface area contributed by atoms with Crippen molar-refractivity contribution in [2.24, 2.45) is 0 Å². The minimum Gasteiger partial charge on any atom is -0.482 e. The number of carbonyl (C=O) groups is 2. The summed E-state index contributed by atoms with van der Waals surface area (Å²) in [6, 6.07) is 10.9. The Labute approximate surface area is 160 Å². The van der Waals surface area contributed by atoms with Crippen molar-refractivity contribution in [3.63, 3.8) is 0 Å². The van der Waals surface area contributed by atoms with E-state index in [9.17, 15) is 22.8 Å². The van der Waals surface area contributed by atoms with E-state index >= 15 is 0 Å². The largest absolute Gasteiger partial charge is 0.482 e. The van der Waals surface area contributed by atoms with Crippen molar-refractivity contribution in [1.29, 1.82) is 0 Å². The molecule has 0 heterocycles. The number of hydrogen-bond donors (Lipinski definition) is 1. The Morgan fingerprint density at radius 3 is 2.14 bits per heavy atom. The molecule has 0 bridgehead atoms. The molecule has 0 aliphatic carbocycles. The molecule has 2 aromatic rings. The number of rotatable bonds is 6. The van der Waals surface area contributed by atoms with Crippen LogP contribution in [0.5, 0.6) is 5.75 Å². The van der Waals surface area contributed by atoms with Crippen LogP contribution in [0.3, 0.4) is 0 Å². The average molecular weight is 395 g/mol. The molecule has 0 saturated heterocycles. The van der Waals surface area contributed by atoms with Crippen LogP contribution >= 0.6 is 0 Å². The number of aliphatic carboxylic acids is 1. The quantitative estimate of drug-likeness (QED) is 0.799. The lowest BCUT2D eigenvalue weighted by Gasteiger charge is -2.30. The first-order valence-electron chi connectivity index (χ1n) is 8.33. The molecule has 0 fully saturated rings. The molecule has 28 heavy (non-hydrogen) atoms. The Morgan fingerprint density at radius 1 is 1.04 bits per heavy atom. The minimum atomic E-state index is -4.49. The summed E-state index contributed by atoms with van der Waals surface area (Å²) in [5, 5.41) is 8.61. The smallest absolute Gasteiger partial charge is 0.416 e. The van der Waals surface area contributed by atoms with E-state index in [1.54, 1.807) is 26.0 Å². The van der Waals surface area contributed by atoms with E-state index in [1.165, 1.54) is 36.2 Å². The van der Waals surface area contributed by atoms with Gasteiger partial charge in [0.05, 0.1) is 11.0 Å². The summed E-state index contributed by atoms with van der Waals surface area (Å²) in [6.45, 7) is 2.63. The lowest BCUT2D eigenvalue weighted by molar-refractivity contribution is -0.139. The van der Waals surface area contributed by atoms with E-state index in [-0.39, 0.29) is 5.56 Å². The maximum atomic E-state index is 13.0. The first kappa shape index (κ1) is 21.3. The lowest BCUT2D eigenvalue weighted by atomic mass is 9.82. The molecule has 0 spiro atoms. The summed E-state index contributed by atoms with van der Waals surface area (Å²) in [6.07, 6.45) is -4.49. The normalized spacial score (nSPS) is 11.8. The number of halogens is 3. The van der Waals surface area contributed by atoms with Gasteiger partial charge >= 0.3 is 12.1 Å². The van der Waals surface area contributed by atoms with Gasteiger partial charge in [0.15, 0.2) is 6.61 Å². The number of amides is 1. The Morgan fingerprint density at radius 2 is 1.61 bits per heavy atom. The second-order valence-electron chi connectivity index (χ2n) is 6.74. The molecule has 150 valence electrons. The SMILES string of the molecule is CN(C(=O)C(C)(C)c1cccc(C(F)(F)F)c1)c1ccc(OCC(=O)O)cc1. The van der Waals surface area contributed by atoms with Crippen molar-refractivity contribution >= 4 is 17.6 Å². The van der Waals surface area contributed by atoms with Gasteiger partial charge < -0.3 is 14.7 Å². The maximum Gasteiger partial charge on any atom is 0.416 e. The van der Waals surface area contributed by atoms with Crippen molar-refractivity contribution in [3.05, 3.63) is 59.7 Å².